The lowest BCUT2D eigenvalue weighted by Crippen LogP contribution is -2.17. The first-order valence-electron chi connectivity index (χ1n) is 8.13. The lowest BCUT2D eigenvalue weighted by atomic mass is 10.1. The average Bonchev–Trinajstić information content (AvgIpc) is 3.31. The molecule has 1 aromatic heterocycles. The van der Waals surface area contributed by atoms with Gasteiger partial charge in [-0.1, -0.05) is 23.1 Å². The van der Waals surface area contributed by atoms with Crippen molar-refractivity contribution in [1.29, 1.82) is 0 Å². The van der Waals surface area contributed by atoms with Gasteiger partial charge in [0.15, 0.2) is 21.6 Å². The topological polar surface area (TPSA) is 64.5 Å². The summed E-state index contributed by atoms with van der Waals surface area (Å²) < 4.78 is 11.3. The van der Waals surface area contributed by atoms with Crippen molar-refractivity contribution in [2.75, 3.05) is 32.2 Å². The third kappa shape index (κ3) is 4.07. The Hall–Kier alpha value is -1.80. The molecule has 0 saturated carbocycles. The van der Waals surface area contributed by atoms with Crippen molar-refractivity contribution >= 4 is 34.0 Å². The van der Waals surface area contributed by atoms with Gasteiger partial charge in [-0.3, -0.25) is 4.79 Å². The van der Waals surface area contributed by atoms with Gasteiger partial charge in [-0.2, -0.15) is 0 Å². The molecule has 0 aliphatic carbocycles. The summed E-state index contributed by atoms with van der Waals surface area (Å²) in [5.41, 5.74) is 0.599. The standard InChI is InChI=1S/C17H21N3O3S2/c1-11(15(21)12-6-7-13(22-2)14(10-12)23-3)24-17-19-18-16(25-17)20-8-4-5-9-20/h6-7,10-11H,4-5,8-9H2,1-3H3. The van der Waals surface area contributed by atoms with E-state index in [2.05, 4.69) is 15.1 Å². The summed E-state index contributed by atoms with van der Waals surface area (Å²) in [4.78, 5) is 15.0. The molecule has 1 saturated heterocycles. The zero-order chi connectivity index (χ0) is 17.8. The van der Waals surface area contributed by atoms with Crippen LogP contribution in [0.5, 0.6) is 11.5 Å². The van der Waals surface area contributed by atoms with Crippen molar-refractivity contribution in [3.63, 3.8) is 0 Å². The highest BCUT2D eigenvalue weighted by Gasteiger charge is 2.22. The van der Waals surface area contributed by atoms with E-state index < -0.39 is 0 Å². The number of methoxy groups -OCH3 is 2. The quantitative estimate of drug-likeness (QED) is 0.539. The highest BCUT2D eigenvalue weighted by Crippen LogP contribution is 2.34. The van der Waals surface area contributed by atoms with Crippen LogP contribution in [0.15, 0.2) is 22.5 Å². The molecule has 1 aliphatic heterocycles. The van der Waals surface area contributed by atoms with Gasteiger partial charge in [-0.25, -0.2) is 0 Å². The fraction of sp³-hybridized carbons (Fsp3) is 0.471. The minimum atomic E-state index is -0.252. The molecule has 1 aliphatic rings. The maximum atomic E-state index is 12.7. The number of carbonyl (C=O) groups excluding carboxylic acids is 1. The number of Topliss-reactive ketones (excluding diaryl/α,β-unsaturated/α-hetero) is 1. The van der Waals surface area contributed by atoms with E-state index in [1.165, 1.54) is 24.6 Å². The van der Waals surface area contributed by atoms with Crippen LogP contribution in [0.4, 0.5) is 5.13 Å². The molecule has 0 radical (unpaired) electrons. The zero-order valence-corrected chi connectivity index (χ0v) is 16.2. The first-order chi connectivity index (χ1) is 12.1. The molecule has 1 atom stereocenters. The van der Waals surface area contributed by atoms with Crippen LogP contribution < -0.4 is 14.4 Å². The number of hydrogen-bond acceptors (Lipinski definition) is 8. The molecule has 3 rings (SSSR count). The number of carbonyl (C=O) groups is 1. The number of anilines is 1. The van der Waals surface area contributed by atoms with E-state index in [4.69, 9.17) is 9.47 Å². The number of benzene rings is 1. The number of hydrogen-bond donors (Lipinski definition) is 0. The summed E-state index contributed by atoms with van der Waals surface area (Å²) in [7, 11) is 3.14. The van der Waals surface area contributed by atoms with Crippen LogP contribution in [-0.2, 0) is 0 Å². The van der Waals surface area contributed by atoms with E-state index in [0.29, 0.717) is 17.1 Å². The zero-order valence-electron chi connectivity index (χ0n) is 14.5. The van der Waals surface area contributed by atoms with E-state index in [1.807, 2.05) is 6.92 Å². The van der Waals surface area contributed by atoms with Crippen molar-refractivity contribution < 1.29 is 14.3 Å². The maximum Gasteiger partial charge on any atom is 0.209 e. The molecule has 0 N–H and O–H groups in total. The lowest BCUT2D eigenvalue weighted by molar-refractivity contribution is 0.0993. The van der Waals surface area contributed by atoms with Crippen molar-refractivity contribution in [2.24, 2.45) is 0 Å². The normalized spacial score (nSPS) is 15.2. The van der Waals surface area contributed by atoms with Crippen LogP contribution >= 0.6 is 23.1 Å². The number of thioether (sulfide) groups is 1. The van der Waals surface area contributed by atoms with Crippen molar-refractivity contribution in [3.8, 4) is 11.5 Å². The molecule has 2 heterocycles. The first kappa shape index (κ1) is 18.0. The third-order valence-corrected chi connectivity index (χ3v) is 6.26. The summed E-state index contributed by atoms with van der Waals surface area (Å²) in [6, 6.07) is 5.23. The van der Waals surface area contributed by atoms with Gasteiger partial charge in [0.25, 0.3) is 0 Å². The largest absolute Gasteiger partial charge is 0.493 e. The Kier molecular flexibility index (Phi) is 5.80. The highest BCUT2D eigenvalue weighted by molar-refractivity contribution is 8.02. The Morgan fingerprint density at radius 3 is 2.60 bits per heavy atom. The van der Waals surface area contributed by atoms with Gasteiger partial charge in [0, 0.05) is 18.7 Å². The highest BCUT2D eigenvalue weighted by atomic mass is 32.2. The first-order valence-corrected chi connectivity index (χ1v) is 9.83. The van der Waals surface area contributed by atoms with Gasteiger partial charge in [-0.05, 0) is 38.0 Å². The van der Waals surface area contributed by atoms with Crippen LogP contribution in [0.2, 0.25) is 0 Å². The average molecular weight is 380 g/mol. The Labute approximate surface area is 155 Å². The summed E-state index contributed by atoms with van der Waals surface area (Å²) in [5.74, 6) is 1.19. The van der Waals surface area contributed by atoms with Gasteiger partial charge < -0.3 is 14.4 Å². The van der Waals surface area contributed by atoms with Gasteiger partial charge in [0.1, 0.15) is 0 Å². The Bertz CT molecular complexity index is 744. The number of rotatable bonds is 7. The summed E-state index contributed by atoms with van der Waals surface area (Å²) >= 11 is 3.00. The molecule has 25 heavy (non-hydrogen) atoms. The van der Waals surface area contributed by atoms with Crippen LogP contribution in [0.25, 0.3) is 0 Å². The molecule has 0 bridgehead atoms. The number of aromatic nitrogens is 2. The van der Waals surface area contributed by atoms with E-state index >= 15 is 0 Å². The molecular formula is C17H21N3O3S2. The Morgan fingerprint density at radius 1 is 1.20 bits per heavy atom. The van der Waals surface area contributed by atoms with E-state index in [9.17, 15) is 4.79 Å². The number of ketones is 1. The summed E-state index contributed by atoms with van der Waals surface area (Å²) in [6.07, 6.45) is 2.41. The summed E-state index contributed by atoms with van der Waals surface area (Å²) in [6.45, 7) is 3.97. The molecule has 0 spiro atoms. The van der Waals surface area contributed by atoms with Crippen LogP contribution in [0.1, 0.15) is 30.1 Å². The SMILES string of the molecule is COc1ccc(C(=O)C(C)Sc2nnc(N3CCCC3)s2)cc1OC. The molecule has 8 heteroatoms. The molecule has 1 unspecified atom stereocenters. The third-order valence-electron chi connectivity index (χ3n) is 4.09. The van der Waals surface area contributed by atoms with E-state index in [-0.39, 0.29) is 11.0 Å². The summed E-state index contributed by atoms with van der Waals surface area (Å²) in [5, 5.41) is 9.19. The molecule has 134 valence electrons. The van der Waals surface area contributed by atoms with Crippen LogP contribution in [0.3, 0.4) is 0 Å². The van der Waals surface area contributed by atoms with Crippen molar-refractivity contribution in [2.45, 2.75) is 29.4 Å². The monoisotopic (exact) mass is 379 g/mol. The number of nitrogens with zero attached hydrogens (tertiary/aromatic N) is 3. The molecule has 2 aromatic rings. The lowest BCUT2D eigenvalue weighted by Gasteiger charge is -2.12. The van der Waals surface area contributed by atoms with Gasteiger partial charge >= 0.3 is 0 Å². The second-order valence-electron chi connectivity index (χ2n) is 5.74. The second-order valence-corrected chi connectivity index (χ2v) is 8.28. The van der Waals surface area contributed by atoms with Gasteiger partial charge in [-0.15, -0.1) is 10.2 Å². The Morgan fingerprint density at radius 2 is 1.92 bits per heavy atom. The van der Waals surface area contributed by atoms with Crippen LogP contribution in [0, 0.1) is 0 Å². The van der Waals surface area contributed by atoms with Gasteiger partial charge in [0.2, 0.25) is 5.13 Å². The second kappa shape index (κ2) is 8.05. The fourth-order valence-electron chi connectivity index (χ4n) is 2.72. The minimum absolute atomic E-state index is 0.0314. The molecule has 6 nitrogen and oxygen atoms in total. The van der Waals surface area contributed by atoms with Gasteiger partial charge in [0.05, 0.1) is 19.5 Å². The number of ether oxygens (including phenoxy) is 2. The van der Waals surface area contributed by atoms with E-state index in [0.717, 1.165) is 22.6 Å². The predicted octanol–water partition coefficient (Wildman–Crippen LogP) is 3.52. The predicted molar refractivity (Wildman–Crippen MR) is 101 cm³/mol. The minimum Gasteiger partial charge on any atom is -0.493 e. The molecule has 1 fully saturated rings. The Balaban J connectivity index is 1.68. The van der Waals surface area contributed by atoms with E-state index in [1.54, 1.807) is 43.8 Å². The fourth-order valence-corrected chi connectivity index (χ4v) is 4.83. The smallest absolute Gasteiger partial charge is 0.209 e. The van der Waals surface area contributed by atoms with Crippen molar-refractivity contribution in [3.05, 3.63) is 23.8 Å². The molecule has 1 aromatic carbocycles. The molecule has 0 amide bonds. The van der Waals surface area contributed by atoms with Crippen molar-refractivity contribution in [1.82, 2.24) is 10.2 Å². The maximum absolute atomic E-state index is 12.7. The molecular weight excluding hydrogens is 358 g/mol. The van der Waals surface area contributed by atoms with Crippen LogP contribution in [-0.4, -0.2) is 48.5 Å².